The first-order valence-electron chi connectivity index (χ1n) is 7.80. The largest absolute Gasteiger partial charge is 0.363 e. The summed E-state index contributed by atoms with van der Waals surface area (Å²) in [5, 5.41) is 9.42. The van der Waals surface area contributed by atoms with Crippen LogP contribution >= 0.6 is 0 Å². The van der Waals surface area contributed by atoms with Crippen LogP contribution in [0.1, 0.15) is 16.2 Å². The second kappa shape index (κ2) is 6.03. The van der Waals surface area contributed by atoms with Crippen molar-refractivity contribution in [3.8, 4) is 11.5 Å². The third kappa shape index (κ3) is 2.59. The minimum atomic E-state index is -0.681. The van der Waals surface area contributed by atoms with E-state index in [1.165, 1.54) is 10.7 Å². The van der Waals surface area contributed by atoms with Gasteiger partial charge in [-0.25, -0.2) is 23.7 Å². The molecule has 0 fully saturated rings. The van der Waals surface area contributed by atoms with Crippen molar-refractivity contribution in [2.75, 3.05) is 0 Å². The van der Waals surface area contributed by atoms with Gasteiger partial charge in [0.25, 0.3) is 5.91 Å². The van der Waals surface area contributed by atoms with Gasteiger partial charge in [0.15, 0.2) is 5.65 Å². The Labute approximate surface area is 147 Å². The predicted molar refractivity (Wildman–Crippen MR) is 91.5 cm³/mol. The second-order valence-electron chi connectivity index (χ2n) is 5.72. The van der Waals surface area contributed by atoms with Crippen molar-refractivity contribution in [1.82, 2.24) is 29.5 Å². The van der Waals surface area contributed by atoms with Gasteiger partial charge in [-0.2, -0.15) is 5.10 Å². The van der Waals surface area contributed by atoms with Crippen LogP contribution in [0.25, 0.3) is 22.6 Å². The summed E-state index contributed by atoms with van der Waals surface area (Å²) in [5.41, 5.74) is 6.81. The van der Waals surface area contributed by atoms with Gasteiger partial charge in [0.05, 0.1) is 11.9 Å². The molecule has 0 radical (unpaired) electrons. The molecule has 9 heteroatoms. The number of amides is 1. The number of aromatic nitrogens is 6. The average Bonchev–Trinajstić information content (AvgIpc) is 3.18. The molecule has 2 N–H and O–H groups in total. The van der Waals surface area contributed by atoms with Crippen molar-refractivity contribution >= 4 is 16.9 Å². The zero-order valence-corrected chi connectivity index (χ0v) is 13.8. The summed E-state index contributed by atoms with van der Waals surface area (Å²) < 4.78 is 16.9. The molecule has 1 amide bonds. The summed E-state index contributed by atoms with van der Waals surface area (Å²) >= 11 is 0. The Morgan fingerprint density at radius 1 is 1.19 bits per heavy atom. The third-order valence-electron chi connectivity index (χ3n) is 3.98. The smallest absolute Gasteiger partial charge is 0.286 e. The lowest BCUT2D eigenvalue weighted by Gasteiger charge is -2.04. The molecule has 0 saturated carbocycles. The maximum Gasteiger partial charge on any atom is 0.286 e. The van der Waals surface area contributed by atoms with Crippen molar-refractivity contribution in [2.24, 2.45) is 12.8 Å². The van der Waals surface area contributed by atoms with E-state index in [-0.39, 0.29) is 24.0 Å². The fraction of sp³-hybridized carbons (Fsp3) is 0.118. The number of pyridine rings is 1. The molecule has 0 aliphatic rings. The Morgan fingerprint density at radius 2 is 2.00 bits per heavy atom. The fourth-order valence-electron chi connectivity index (χ4n) is 2.77. The minimum Gasteiger partial charge on any atom is -0.363 e. The maximum absolute atomic E-state index is 14.0. The summed E-state index contributed by atoms with van der Waals surface area (Å²) in [6, 6.07) is 10.1. The van der Waals surface area contributed by atoms with Gasteiger partial charge >= 0.3 is 0 Å². The Hall–Kier alpha value is -3.62. The monoisotopic (exact) mass is 351 g/mol. The summed E-state index contributed by atoms with van der Waals surface area (Å²) in [7, 11) is 1.58. The number of carbonyl (C=O) groups excluding carboxylic acids is 1. The number of fused-ring (bicyclic) bond motifs is 1. The number of benzene rings is 1. The molecule has 0 unspecified atom stereocenters. The highest BCUT2D eigenvalue weighted by molar-refractivity contribution is 5.92. The normalized spacial score (nSPS) is 11.2. The summed E-state index contributed by atoms with van der Waals surface area (Å²) in [6.07, 6.45) is 1.63. The van der Waals surface area contributed by atoms with Crippen LogP contribution in [0.2, 0.25) is 0 Å². The van der Waals surface area contributed by atoms with Gasteiger partial charge in [-0.15, -0.1) is 5.10 Å². The zero-order chi connectivity index (χ0) is 18.3. The molecule has 0 spiro atoms. The maximum atomic E-state index is 14.0. The number of primary amides is 1. The Kier molecular flexibility index (Phi) is 3.68. The van der Waals surface area contributed by atoms with Crippen LogP contribution in [-0.4, -0.2) is 35.4 Å². The van der Waals surface area contributed by atoms with E-state index >= 15 is 0 Å². The van der Waals surface area contributed by atoms with E-state index in [2.05, 4.69) is 20.2 Å². The number of carbonyl (C=O) groups is 1. The molecule has 0 saturated heterocycles. The highest BCUT2D eigenvalue weighted by Gasteiger charge is 2.20. The number of halogens is 1. The van der Waals surface area contributed by atoms with Crippen molar-refractivity contribution in [2.45, 2.75) is 6.54 Å². The van der Waals surface area contributed by atoms with Crippen LogP contribution in [0.5, 0.6) is 0 Å². The zero-order valence-electron chi connectivity index (χ0n) is 13.8. The summed E-state index contributed by atoms with van der Waals surface area (Å²) in [4.78, 5) is 19.9. The van der Waals surface area contributed by atoms with E-state index in [1.54, 1.807) is 42.2 Å². The van der Waals surface area contributed by atoms with Crippen molar-refractivity contribution in [1.29, 1.82) is 0 Å². The summed E-state index contributed by atoms with van der Waals surface area (Å²) in [6.45, 7) is 0.204. The SMILES string of the molecule is Cn1nc(-c2nn(Cc3ccccc3F)c3ncccc23)nc1C(N)=O. The number of rotatable bonds is 4. The first-order valence-corrected chi connectivity index (χ1v) is 7.80. The van der Waals surface area contributed by atoms with Crippen molar-refractivity contribution in [3.05, 3.63) is 59.8 Å². The van der Waals surface area contributed by atoms with Gasteiger partial charge in [0.1, 0.15) is 11.5 Å². The van der Waals surface area contributed by atoms with Gasteiger partial charge in [-0.1, -0.05) is 18.2 Å². The molecule has 0 aliphatic heterocycles. The summed E-state index contributed by atoms with van der Waals surface area (Å²) in [5.74, 6) is -0.715. The Bertz CT molecular complexity index is 1130. The first kappa shape index (κ1) is 15.9. The molecule has 8 nitrogen and oxygen atoms in total. The highest BCUT2D eigenvalue weighted by Crippen LogP contribution is 2.25. The molecule has 0 atom stereocenters. The average molecular weight is 351 g/mol. The highest BCUT2D eigenvalue weighted by atomic mass is 19.1. The van der Waals surface area contributed by atoms with Crippen LogP contribution < -0.4 is 5.73 Å². The van der Waals surface area contributed by atoms with Crippen LogP contribution in [0.4, 0.5) is 4.39 Å². The molecule has 3 heterocycles. The topological polar surface area (TPSA) is 105 Å². The van der Waals surface area contributed by atoms with Gasteiger partial charge in [-0.3, -0.25) is 4.79 Å². The lowest BCUT2D eigenvalue weighted by molar-refractivity contribution is 0.0986. The third-order valence-corrected chi connectivity index (χ3v) is 3.98. The molecule has 26 heavy (non-hydrogen) atoms. The van der Waals surface area contributed by atoms with Crippen LogP contribution in [-0.2, 0) is 13.6 Å². The van der Waals surface area contributed by atoms with Crippen molar-refractivity contribution < 1.29 is 9.18 Å². The molecule has 1 aromatic carbocycles. The van der Waals surface area contributed by atoms with E-state index in [1.807, 2.05) is 6.07 Å². The van der Waals surface area contributed by atoms with Gasteiger partial charge in [0.2, 0.25) is 11.6 Å². The molecule has 0 aliphatic carbocycles. The van der Waals surface area contributed by atoms with Gasteiger partial charge in [0, 0.05) is 18.8 Å². The molecular formula is C17H14FN7O. The van der Waals surface area contributed by atoms with E-state index in [9.17, 15) is 9.18 Å². The van der Waals surface area contributed by atoms with E-state index in [4.69, 9.17) is 5.73 Å². The number of hydrogen-bond donors (Lipinski definition) is 1. The van der Waals surface area contributed by atoms with Gasteiger partial charge < -0.3 is 5.73 Å². The molecular weight excluding hydrogens is 337 g/mol. The van der Waals surface area contributed by atoms with Crippen LogP contribution in [0.15, 0.2) is 42.6 Å². The molecule has 130 valence electrons. The van der Waals surface area contributed by atoms with Crippen LogP contribution in [0, 0.1) is 5.82 Å². The molecule has 4 rings (SSSR count). The Morgan fingerprint density at radius 3 is 2.73 bits per heavy atom. The Balaban J connectivity index is 1.86. The number of nitrogens with two attached hydrogens (primary N) is 1. The molecule has 4 aromatic rings. The lowest BCUT2D eigenvalue weighted by atomic mass is 10.2. The number of hydrogen-bond acceptors (Lipinski definition) is 5. The lowest BCUT2D eigenvalue weighted by Crippen LogP contribution is -2.16. The molecule has 0 bridgehead atoms. The second-order valence-corrected chi connectivity index (χ2v) is 5.72. The number of nitrogens with zero attached hydrogens (tertiary/aromatic N) is 6. The number of aryl methyl sites for hydroxylation is 1. The minimum absolute atomic E-state index is 0.0284. The van der Waals surface area contributed by atoms with Gasteiger partial charge in [-0.05, 0) is 18.2 Å². The fourth-order valence-corrected chi connectivity index (χ4v) is 2.77. The van der Waals surface area contributed by atoms with E-state index in [0.29, 0.717) is 22.3 Å². The van der Waals surface area contributed by atoms with E-state index in [0.717, 1.165) is 0 Å². The standard InChI is InChI=1S/C17H14FN7O/c1-24-17(14(19)26)21-15(23-24)13-11-6-4-8-20-16(11)25(22-13)9-10-5-2-3-7-12(10)18/h2-8H,9H2,1H3,(H2,19,26). The quantitative estimate of drug-likeness (QED) is 0.600. The first-order chi connectivity index (χ1) is 12.5. The van der Waals surface area contributed by atoms with Crippen molar-refractivity contribution in [3.63, 3.8) is 0 Å². The van der Waals surface area contributed by atoms with E-state index < -0.39 is 5.91 Å². The molecule has 3 aromatic heterocycles. The predicted octanol–water partition coefficient (Wildman–Crippen LogP) is 1.51. The van der Waals surface area contributed by atoms with Crippen LogP contribution in [0.3, 0.4) is 0 Å².